The van der Waals surface area contributed by atoms with E-state index in [1.807, 2.05) is 29.1 Å². The molecule has 2 heterocycles. The molecule has 1 atom stereocenters. The third kappa shape index (κ3) is 2.52. The minimum absolute atomic E-state index is 0.212. The van der Waals surface area contributed by atoms with Gasteiger partial charge in [-0.05, 0) is 13.0 Å². The van der Waals surface area contributed by atoms with E-state index in [1.165, 1.54) is 12.1 Å². The van der Waals surface area contributed by atoms with Gasteiger partial charge in [0, 0.05) is 35.4 Å². The van der Waals surface area contributed by atoms with E-state index in [2.05, 4.69) is 4.98 Å². The summed E-state index contributed by atoms with van der Waals surface area (Å²) in [6.07, 6.45) is 3.84. The van der Waals surface area contributed by atoms with Gasteiger partial charge in [0.25, 0.3) is 0 Å². The molecule has 3 rings (SSSR count). The van der Waals surface area contributed by atoms with E-state index in [4.69, 9.17) is 10.5 Å². The summed E-state index contributed by atoms with van der Waals surface area (Å²) < 4.78 is 20.9. The quantitative estimate of drug-likeness (QED) is 0.803. The summed E-state index contributed by atoms with van der Waals surface area (Å²) in [5.74, 6) is 0.131. The second kappa shape index (κ2) is 5.22. The maximum absolute atomic E-state index is 13.3. The molecule has 0 aliphatic rings. The van der Waals surface area contributed by atoms with E-state index in [0.717, 1.165) is 16.2 Å². The monoisotopic (exact) mass is 291 g/mol. The first-order valence-electron chi connectivity index (χ1n) is 6.22. The Morgan fingerprint density at radius 2 is 2.35 bits per heavy atom. The summed E-state index contributed by atoms with van der Waals surface area (Å²) >= 11 is 1.56. The van der Waals surface area contributed by atoms with E-state index >= 15 is 0 Å². The summed E-state index contributed by atoms with van der Waals surface area (Å²) in [5, 5.41) is 1.97. The molecule has 0 saturated heterocycles. The van der Waals surface area contributed by atoms with Crippen LogP contribution in [0.25, 0.3) is 4.96 Å². The number of aromatic nitrogens is 2. The lowest BCUT2D eigenvalue weighted by molar-refractivity contribution is 0.296. The Balaban J connectivity index is 1.80. The SMILES string of the molecule is C[C@@H](N)c1ccc(F)cc1OCc1cn2ccsc2n1. The fourth-order valence-electron chi connectivity index (χ4n) is 2.01. The Labute approximate surface area is 119 Å². The Bertz CT molecular complexity index is 706. The molecule has 1 aromatic carbocycles. The standard InChI is InChI=1S/C14H14FN3OS/c1-9(16)12-3-2-10(15)6-13(12)19-8-11-7-18-4-5-20-14(18)17-11/h2-7,9H,8,16H2,1H3/t9-/m1/s1. The Morgan fingerprint density at radius 1 is 1.50 bits per heavy atom. The molecular weight excluding hydrogens is 277 g/mol. The minimum Gasteiger partial charge on any atom is -0.487 e. The van der Waals surface area contributed by atoms with Gasteiger partial charge in [0.05, 0.1) is 5.69 Å². The number of ether oxygens (including phenoxy) is 1. The van der Waals surface area contributed by atoms with E-state index < -0.39 is 0 Å². The van der Waals surface area contributed by atoms with Crippen LogP contribution < -0.4 is 10.5 Å². The van der Waals surface area contributed by atoms with Gasteiger partial charge in [-0.2, -0.15) is 0 Å². The molecule has 0 spiro atoms. The first-order chi connectivity index (χ1) is 9.63. The predicted octanol–water partition coefficient (Wildman–Crippen LogP) is 3.13. The molecule has 20 heavy (non-hydrogen) atoms. The van der Waals surface area contributed by atoms with Gasteiger partial charge in [-0.15, -0.1) is 11.3 Å². The van der Waals surface area contributed by atoms with Gasteiger partial charge in [0.1, 0.15) is 18.2 Å². The highest BCUT2D eigenvalue weighted by Crippen LogP contribution is 2.25. The zero-order valence-corrected chi connectivity index (χ0v) is 11.7. The van der Waals surface area contributed by atoms with Crippen LogP contribution in [0, 0.1) is 5.82 Å². The maximum atomic E-state index is 13.3. The maximum Gasteiger partial charge on any atom is 0.193 e. The van der Waals surface area contributed by atoms with Crippen LogP contribution in [0.15, 0.2) is 36.0 Å². The number of fused-ring (bicyclic) bond motifs is 1. The van der Waals surface area contributed by atoms with Crippen LogP contribution in [-0.4, -0.2) is 9.38 Å². The third-order valence-electron chi connectivity index (χ3n) is 2.98. The average Bonchev–Trinajstić information content (AvgIpc) is 2.96. The average molecular weight is 291 g/mol. The van der Waals surface area contributed by atoms with Crippen LogP contribution in [0.3, 0.4) is 0 Å². The van der Waals surface area contributed by atoms with Gasteiger partial charge in [-0.25, -0.2) is 9.37 Å². The van der Waals surface area contributed by atoms with Crippen LogP contribution >= 0.6 is 11.3 Å². The number of imidazole rings is 1. The lowest BCUT2D eigenvalue weighted by atomic mass is 10.1. The van der Waals surface area contributed by atoms with Gasteiger partial charge in [-0.3, -0.25) is 4.40 Å². The summed E-state index contributed by atoms with van der Waals surface area (Å²) in [6, 6.07) is 4.19. The summed E-state index contributed by atoms with van der Waals surface area (Å²) in [5.41, 5.74) is 7.44. The molecule has 0 aliphatic carbocycles. The van der Waals surface area contributed by atoms with Gasteiger partial charge in [-0.1, -0.05) is 6.07 Å². The summed E-state index contributed by atoms with van der Waals surface area (Å²) in [6.45, 7) is 2.13. The number of rotatable bonds is 4. The molecule has 0 radical (unpaired) electrons. The van der Waals surface area contributed by atoms with Crippen molar-refractivity contribution < 1.29 is 9.13 Å². The summed E-state index contributed by atoms with van der Waals surface area (Å²) in [7, 11) is 0. The number of nitrogens with two attached hydrogens (primary N) is 1. The van der Waals surface area contributed by atoms with Gasteiger partial charge in [0.2, 0.25) is 0 Å². The van der Waals surface area contributed by atoms with Crippen LogP contribution in [-0.2, 0) is 6.61 Å². The molecule has 0 unspecified atom stereocenters. The number of benzene rings is 1. The first kappa shape index (κ1) is 13.1. The van der Waals surface area contributed by atoms with E-state index in [9.17, 15) is 4.39 Å². The molecule has 0 bridgehead atoms. The van der Waals surface area contributed by atoms with E-state index in [0.29, 0.717) is 5.75 Å². The van der Waals surface area contributed by atoms with Crippen molar-refractivity contribution in [3.8, 4) is 5.75 Å². The molecule has 4 nitrogen and oxygen atoms in total. The second-order valence-corrected chi connectivity index (χ2v) is 5.46. The highest BCUT2D eigenvalue weighted by molar-refractivity contribution is 7.15. The van der Waals surface area contributed by atoms with Crippen LogP contribution in [0.5, 0.6) is 5.75 Å². The smallest absolute Gasteiger partial charge is 0.193 e. The number of hydrogen-bond acceptors (Lipinski definition) is 4. The van der Waals surface area contributed by atoms with Gasteiger partial charge >= 0.3 is 0 Å². The molecule has 0 aliphatic heterocycles. The molecule has 0 fully saturated rings. The Hall–Kier alpha value is -1.92. The predicted molar refractivity (Wildman–Crippen MR) is 76.4 cm³/mol. The van der Waals surface area contributed by atoms with Crippen molar-refractivity contribution in [3.63, 3.8) is 0 Å². The summed E-state index contributed by atoms with van der Waals surface area (Å²) in [4.78, 5) is 5.33. The molecular formula is C14H14FN3OS. The molecule has 104 valence electrons. The van der Waals surface area contributed by atoms with Crippen molar-refractivity contribution in [3.05, 3.63) is 53.0 Å². The van der Waals surface area contributed by atoms with Gasteiger partial charge < -0.3 is 10.5 Å². The molecule has 2 aromatic heterocycles. The highest BCUT2D eigenvalue weighted by atomic mass is 32.1. The topological polar surface area (TPSA) is 52.5 Å². The van der Waals surface area contributed by atoms with E-state index in [1.54, 1.807) is 17.4 Å². The number of hydrogen-bond donors (Lipinski definition) is 1. The third-order valence-corrected chi connectivity index (χ3v) is 3.76. The molecule has 3 aromatic rings. The van der Waals surface area contributed by atoms with Crippen molar-refractivity contribution in [2.24, 2.45) is 5.73 Å². The lowest BCUT2D eigenvalue weighted by Crippen LogP contribution is -2.08. The first-order valence-corrected chi connectivity index (χ1v) is 7.10. The van der Waals surface area contributed by atoms with Crippen molar-refractivity contribution in [2.45, 2.75) is 19.6 Å². The highest BCUT2D eigenvalue weighted by Gasteiger charge is 2.11. The van der Waals surface area contributed by atoms with Crippen molar-refractivity contribution in [1.29, 1.82) is 0 Å². The largest absolute Gasteiger partial charge is 0.487 e. The molecule has 0 amide bonds. The zero-order chi connectivity index (χ0) is 14.1. The fraction of sp³-hybridized carbons (Fsp3) is 0.214. The van der Waals surface area contributed by atoms with Crippen molar-refractivity contribution in [1.82, 2.24) is 9.38 Å². The fourth-order valence-corrected chi connectivity index (χ4v) is 2.73. The van der Waals surface area contributed by atoms with E-state index in [-0.39, 0.29) is 18.5 Å². The number of nitrogens with zero attached hydrogens (tertiary/aromatic N) is 2. The Morgan fingerprint density at radius 3 is 3.10 bits per heavy atom. The van der Waals surface area contributed by atoms with Crippen molar-refractivity contribution in [2.75, 3.05) is 0 Å². The van der Waals surface area contributed by atoms with Crippen LogP contribution in [0.2, 0.25) is 0 Å². The molecule has 2 N–H and O–H groups in total. The molecule has 6 heteroatoms. The second-order valence-electron chi connectivity index (χ2n) is 4.58. The minimum atomic E-state index is -0.338. The zero-order valence-electron chi connectivity index (χ0n) is 10.9. The van der Waals surface area contributed by atoms with Crippen LogP contribution in [0.4, 0.5) is 4.39 Å². The van der Waals surface area contributed by atoms with Crippen LogP contribution in [0.1, 0.15) is 24.2 Å². The van der Waals surface area contributed by atoms with Crippen molar-refractivity contribution >= 4 is 16.3 Å². The molecule has 0 saturated carbocycles. The number of halogens is 1. The normalized spacial score (nSPS) is 12.8. The lowest BCUT2D eigenvalue weighted by Gasteiger charge is -2.13. The number of thiazole rings is 1. The van der Waals surface area contributed by atoms with Gasteiger partial charge in [0.15, 0.2) is 4.96 Å². The Kier molecular flexibility index (Phi) is 3.42.